The summed E-state index contributed by atoms with van der Waals surface area (Å²) in [6.07, 6.45) is 30.6. The average molecular weight is 649 g/mol. The lowest BCUT2D eigenvalue weighted by Gasteiger charge is -2.67. The minimum absolute atomic E-state index is 0.0264. The van der Waals surface area contributed by atoms with Crippen LogP contribution in [-0.4, -0.2) is 47.8 Å². The quantitative estimate of drug-likeness (QED) is 0.269. The molecule has 2 N–H and O–H groups in total. The maximum absolute atomic E-state index is 3.91. The largest absolute Gasteiger partial charge is 0.316 e. The molecule has 0 aromatic carbocycles. The fourth-order valence-corrected chi connectivity index (χ4v) is 20.9. The highest BCUT2D eigenvalue weighted by molar-refractivity contribution is 7.61. The van der Waals surface area contributed by atoms with Crippen LogP contribution in [0.2, 0.25) is 0 Å². The molecule has 2 nitrogen and oxygen atoms in total. The number of rotatable bonds is 7. The minimum atomic E-state index is -0.0264. The van der Waals surface area contributed by atoms with Crippen LogP contribution in [0.3, 0.4) is 0 Å². The zero-order valence-corrected chi connectivity index (χ0v) is 31.3. The first-order chi connectivity index (χ1) is 21.6. The second kappa shape index (κ2) is 11.4. The van der Waals surface area contributed by atoms with E-state index in [1.807, 2.05) is 11.1 Å². The van der Waals surface area contributed by atoms with E-state index in [2.05, 4.69) is 46.7 Å². The Bertz CT molecular complexity index is 1080. The molecule has 11 rings (SSSR count). The van der Waals surface area contributed by atoms with Gasteiger partial charge >= 0.3 is 0 Å². The Labute approximate surface area is 280 Å². The zero-order chi connectivity index (χ0) is 30.6. The Balaban J connectivity index is 1.17. The summed E-state index contributed by atoms with van der Waals surface area (Å²) in [6.45, 7) is 12.5. The fraction of sp³-hybridized carbons (Fsp3) is 0.902. The Morgan fingerprint density at radius 3 is 1.49 bits per heavy atom. The van der Waals surface area contributed by atoms with Gasteiger partial charge in [-0.15, -0.1) is 9.24 Å². The van der Waals surface area contributed by atoms with Crippen LogP contribution in [0.25, 0.3) is 0 Å². The van der Waals surface area contributed by atoms with Gasteiger partial charge in [0, 0.05) is 5.16 Å². The molecule has 0 radical (unpaired) electrons. The maximum atomic E-state index is 3.91. The molecule has 0 spiro atoms. The van der Waals surface area contributed by atoms with Crippen molar-refractivity contribution in [1.29, 1.82) is 0 Å². The molecule has 9 aliphatic carbocycles. The van der Waals surface area contributed by atoms with Gasteiger partial charge in [0.25, 0.3) is 0 Å². The third-order valence-corrected chi connectivity index (χ3v) is 21.4. The van der Waals surface area contributed by atoms with Crippen molar-refractivity contribution in [2.75, 3.05) is 32.3 Å². The summed E-state index contributed by atoms with van der Waals surface area (Å²) in [5.41, 5.74) is 5.86. The van der Waals surface area contributed by atoms with E-state index in [4.69, 9.17) is 0 Å². The number of piperidine rings is 2. The summed E-state index contributed by atoms with van der Waals surface area (Å²) in [7, 11) is 3.68. The second-order valence-corrected chi connectivity index (χ2v) is 24.0. The van der Waals surface area contributed by atoms with Crippen molar-refractivity contribution in [2.45, 2.75) is 145 Å². The summed E-state index contributed by atoms with van der Waals surface area (Å²) < 4.78 is 0. The van der Waals surface area contributed by atoms with Gasteiger partial charge in [0.15, 0.2) is 0 Å². The molecule has 2 saturated heterocycles. The van der Waals surface area contributed by atoms with E-state index >= 15 is 0 Å². The molecule has 3 unspecified atom stereocenters. The molecule has 8 saturated carbocycles. The molecule has 11 aliphatic rings. The highest BCUT2D eigenvalue weighted by atomic mass is 31.1. The topological polar surface area (TPSA) is 24.1 Å². The van der Waals surface area contributed by atoms with Crippen LogP contribution in [0.5, 0.6) is 0 Å². The van der Waals surface area contributed by atoms with E-state index in [1.54, 1.807) is 82.6 Å². The van der Waals surface area contributed by atoms with Gasteiger partial charge < -0.3 is 10.6 Å². The molecule has 2 aliphatic heterocycles. The van der Waals surface area contributed by atoms with Crippen molar-refractivity contribution in [3.8, 4) is 0 Å². The van der Waals surface area contributed by atoms with Gasteiger partial charge in [-0.25, -0.2) is 0 Å². The monoisotopic (exact) mass is 648 g/mol. The lowest BCUT2D eigenvalue weighted by Crippen LogP contribution is -2.57. The Hall–Kier alpha value is 0.260. The predicted octanol–water partition coefficient (Wildman–Crippen LogP) is 9.69. The average Bonchev–Trinajstić information content (AvgIpc) is 3.44. The lowest BCUT2D eigenvalue weighted by molar-refractivity contribution is 0.0187. The van der Waals surface area contributed by atoms with Gasteiger partial charge in [0.2, 0.25) is 0 Å². The van der Waals surface area contributed by atoms with E-state index in [1.165, 1.54) is 64.4 Å². The van der Waals surface area contributed by atoms with Crippen molar-refractivity contribution in [3.63, 3.8) is 0 Å². The smallest absolute Gasteiger partial charge is 0.0146 e. The van der Waals surface area contributed by atoms with E-state index in [9.17, 15) is 0 Å². The lowest BCUT2D eigenvalue weighted by atomic mass is 9.55. The van der Waals surface area contributed by atoms with Crippen LogP contribution in [0.15, 0.2) is 22.8 Å². The number of allylic oxidation sites excluding steroid dienone is 4. The fourth-order valence-electron chi connectivity index (χ4n) is 14.9. The molecule has 0 aromatic rings. The Morgan fingerprint density at radius 1 is 0.711 bits per heavy atom. The third-order valence-electron chi connectivity index (χ3n) is 16.0. The van der Waals surface area contributed by atoms with Crippen molar-refractivity contribution in [2.24, 2.45) is 52.8 Å². The standard InChI is InChI=1S/C41H66N2P2/c1-38(2,3)36-16-33(37(17-36)41(44,34-6-4-8-42-24-34)35-7-5-9-43-25-35)26-45(39-18-27-10-28(19-39)12-29(11-27)20-39)40-21-30-13-31(22-40)15-32(14-30)23-40/h16,27-32,34-35,42-43H,4-15,17-26,44H2,1-3H3. The van der Waals surface area contributed by atoms with E-state index in [-0.39, 0.29) is 18.5 Å². The zero-order valence-electron chi connectivity index (χ0n) is 29.3. The highest BCUT2D eigenvalue weighted by Gasteiger charge is 2.63. The SMILES string of the molecule is CC(C)(C)C1=CC(CP(C23CC4CC(CC(C4)C2)C3)C23CC4CC(CC(C4)C2)C3)=C(C(P)(C2CCCNC2)C2CCCNC2)C1. The van der Waals surface area contributed by atoms with Crippen LogP contribution in [0.4, 0.5) is 0 Å². The van der Waals surface area contributed by atoms with Crippen molar-refractivity contribution >= 4 is 17.2 Å². The molecular weight excluding hydrogens is 582 g/mol. The van der Waals surface area contributed by atoms with Gasteiger partial charge in [-0.3, -0.25) is 0 Å². The van der Waals surface area contributed by atoms with Gasteiger partial charge in [-0.1, -0.05) is 45.9 Å². The summed E-state index contributed by atoms with van der Waals surface area (Å²) in [6, 6.07) is 0. The van der Waals surface area contributed by atoms with Gasteiger partial charge in [-0.2, -0.15) is 0 Å². The first-order valence-electron chi connectivity index (χ1n) is 20.0. The van der Waals surface area contributed by atoms with Crippen LogP contribution in [0.1, 0.15) is 130 Å². The molecule has 0 amide bonds. The normalized spacial score (nSPS) is 47.7. The first-order valence-corrected chi connectivity index (χ1v) is 22.1. The van der Waals surface area contributed by atoms with Gasteiger partial charge in [0.05, 0.1) is 0 Å². The molecule has 0 aromatic heterocycles. The first kappa shape index (κ1) is 31.3. The minimum Gasteiger partial charge on any atom is -0.316 e. The van der Waals surface area contributed by atoms with Crippen LogP contribution in [-0.2, 0) is 0 Å². The van der Waals surface area contributed by atoms with Crippen LogP contribution < -0.4 is 10.6 Å². The molecule has 2 heterocycles. The van der Waals surface area contributed by atoms with Crippen LogP contribution >= 0.6 is 17.2 Å². The Morgan fingerprint density at radius 2 is 1.13 bits per heavy atom. The van der Waals surface area contributed by atoms with Crippen molar-refractivity contribution in [3.05, 3.63) is 22.8 Å². The predicted molar refractivity (Wildman–Crippen MR) is 196 cm³/mol. The maximum Gasteiger partial charge on any atom is 0.0146 e. The van der Waals surface area contributed by atoms with Crippen molar-refractivity contribution in [1.82, 2.24) is 10.6 Å². The highest BCUT2D eigenvalue weighted by Crippen LogP contribution is 2.79. The molecule has 250 valence electrons. The van der Waals surface area contributed by atoms with Gasteiger partial charge in [-0.05, 0) is 210 Å². The summed E-state index contributed by atoms with van der Waals surface area (Å²) in [5, 5.41) is 9.49. The molecule has 3 atom stereocenters. The van der Waals surface area contributed by atoms with E-state index < -0.39 is 0 Å². The second-order valence-electron chi connectivity index (χ2n) is 20.0. The van der Waals surface area contributed by atoms with Crippen molar-refractivity contribution < 1.29 is 0 Å². The molecule has 4 heteroatoms. The molecular formula is C41H66N2P2. The number of hydrogen-bond donors (Lipinski definition) is 2. The van der Waals surface area contributed by atoms with Gasteiger partial charge in [0.1, 0.15) is 0 Å². The number of hydrogen-bond acceptors (Lipinski definition) is 2. The molecule has 8 bridgehead atoms. The third kappa shape index (κ3) is 5.29. The summed E-state index contributed by atoms with van der Waals surface area (Å²) in [4.78, 5) is 0. The summed E-state index contributed by atoms with van der Waals surface area (Å²) in [5.74, 6) is 7.98. The molecule has 45 heavy (non-hydrogen) atoms. The number of nitrogens with one attached hydrogen (secondary N) is 2. The molecule has 10 fully saturated rings. The van der Waals surface area contributed by atoms with E-state index in [0.717, 1.165) is 47.3 Å². The Kier molecular flexibility index (Phi) is 7.91. The summed E-state index contributed by atoms with van der Waals surface area (Å²) >= 11 is 0. The van der Waals surface area contributed by atoms with E-state index in [0.29, 0.717) is 10.3 Å². The van der Waals surface area contributed by atoms with Crippen LogP contribution in [0, 0.1) is 52.8 Å².